The smallest absolute Gasteiger partial charge is 0.276 e. The van der Waals surface area contributed by atoms with Crippen LogP contribution >= 0.6 is 11.3 Å². The number of hydrogen-bond donors (Lipinski definition) is 0. The van der Waals surface area contributed by atoms with Crippen LogP contribution in [-0.2, 0) is 6.61 Å². The third-order valence-electron chi connectivity index (χ3n) is 4.41. The highest BCUT2D eigenvalue weighted by Gasteiger charge is 2.25. The van der Waals surface area contributed by atoms with Crippen LogP contribution in [0.15, 0.2) is 34.9 Å². The summed E-state index contributed by atoms with van der Waals surface area (Å²) < 4.78 is 16.2. The van der Waals surface area contributed by atoms with E-state index in [0.717, 1.165) is 15.6 Å². The van der Waals surface area contributed by atoms with Crippen molar-refractivity contribution in [3.8, 4) is 11.5 Å². The summed E-state index contributed by atoms with van der Waals surface area (Å²) in [6.07, 6.45) is 1.36. The highest BCUT2D eigenvalue weighted by atomic mass is 32.1. The number of carbonyl (C=O) groups is 1. The molecular weight excluding hydrogens is 378 g/mol. The van der Waals surface area contributed by atoms with Gasteiger partial charge in [0.2, 0.25) is 5.89 Å². The Morgan fingerprint density at radius 1 is 1.29 bits per heavy atom. The minimum Gasteiger partial charge on any atom is -0.497 e. The third-order valence-corrected chi connectivity index (χ3v) is 5.31. The topological polar surface area (TPSA) is 77.7 Å². The molecule has 1 aromatic carbocycles. The van der Waals surface area contributed by atoms with Gasteiger partial charge in [-0.1, -0.05) is 6.07 Å². The van der Waals surface area contributed by atoms with Gasteiger partial charge in [0.15, 0.2) is 12.3 Å². The predicted octanol–water partition coefficient (Wildman–Crippen LogP) is 4.17. The number of aryl methyl sites for hydroxylation is 2. The molecule has 2 aromatic heterocycles. The zero-order valence-corrected chi connectivity index (χ0v) is 17.4. The molecule has 0 fully saturated rings. The van der Waals surface area contributed by atoms with Gasteiger partial charge in [0.25, 0.3) is 5.91 Å². The van der Waals surface area contributed by atoms with Crippen LogP contribution in [0.2, 0.25) is 0 Å². The summed E-state index contributed by atoms with van der Waals surface area (Å²) in [5, 5.41) is 0.985. The standard InChI is InChI=1S/C20H23N3O4S/c1-12(19-13(2)28-14(3)21-19)23(4)20(24)17-10-27-18(22-17)11-26-16-8-6-7-15(9-16)25-5/h6-10,12H,11H2,1-5H3. The molecule has 28 heavy (non-hydrogen) atoms. The molecule has 3 rings (SSSR count). The van der Waals surface area contributed by atoms with Crippen LogP contribution in [0, 0.1) is 13.8 Å². The zero-order valence-electron chi connectivity index (χ0n) is 16.6. The van der Waals surface area contributed by atoms with Crippen molar-refractivity contribution in [2.24, 2.45) is 0 Å². The predicted molar refractivity (Wildman–Crippen MR) is 106 cm³/mol. The molecule has 1 unspecified atom stereocenters. The van der Waals surface area contributed by atoms with E-state index < -0.39 is 0 Å². The molecule has 0 aliphatic rings. The van der Waals surface area contributed by atoms with E-state index in [1.165, 1.54) is 6.26 Å². The van der Waals surface area contributed by atoms with Crippen molar-refractivity contribution in [2.45, 2.75) is 33.4 Å². The van der Waals surface area contributed by atoms with Gasteiger partial charge in [-0.05, 0) is 32.9 Å². The van der Waals surface area contributed by atoms with E-state index in [-0.39, 0.29) is 24.2 Å². The molecule has 0 saturated carbocycles. The highest BCUT2D eigenvalue weighted by Crippen LogP contribution is 2.27. The van der Waals surface area contributed by atoms with E-state index in [1.807, 2.05) is 39.0 Å². The van der Waals surface area contributed by atoms with E-state index in [2.05, 4.69) is 9.97 Å². The Bertz CT molecular complexity index is 966. The average Bonchev–Trinajstić information content (AvgIpc) is 3.30. The van der Waals surface area contributed by atoms with Crippen LogP contribution < -0.4 is 9.47 Å². The van der Waals surface area contributed by atoms with Gasteiger partial charge >= 0.3 is 0 Å². The van der Waals surface area contributed by atoms with Gasteiger partial charge in [-0.25, -0.2) is 9.97 Å². The first-order chi connectivity index (χ1) is 13.4. The number of methoxy groups -OCH3 is 1. The SMILES string of the molecule is COc1cccc(OCc2nc(C(=O)N(C)C(C)c3nc(C)sc3C)co2)c1. The van der Waals surface area contributed by atoms with E-state index in [1.54, 1.807) is 36.5 Å². The van der Waals surface area contributed by atoms with E-state index >= 15 is 0 Å². The van der Waals surface area contributed by atoms with Crippen molar-refractivity contribution in [1.82, 2.24) is 14.9 Å². The molecule has 1 amide bonds. The molecule has 0 aliphatic carbocycles. The lowest BCUT2D eigenvalue weighted by Gasteiger charge is -2.23. The van der Waals surface area contributed by atoms with Gasteiger partial charge in [0.05, 0.1) is 23.9 Å². The lowest BCUT2D eigenvalue weighted by atomic mass is 10.2. The van der Waals surface area contributed by atoms with Crippen molar-refractivity contribution in [3.05, 3.63) is 57.7 Å². The number of hydrogen-bond acceptors (Lipinski definition) is 7. The van der Waals surface area contributed by atoms with Crippen LogP contribution in [0.4, 0.5) is 0 Å². The van der Waals surface area contributed by atoms with Crippen LogP contribution in [-0.4, -0.2) is 34.9 Å². The quantitative estimate of drug-likeness (QED) is 0.591. The Balaban J connectivity index is 1.65. The lowest BCUT2D eigenvalue weighted by molar-refractivity contribution is 0.0733. The molecule has 148 valence electrons. The molecule has 8 heteroatoms. The maximum atomic E-state index is 12.8. The number of carbonyl (C=O) groups excluding carboxylic acids is 1. The van der Waals surface area contributed by atoms with Gasteiger partial charge < -0.3 is 18.8 Å². The monoisotopic (exact) mass is 401 g/mol. The van der Waals surface area contributed by atoms with Crippen molar-refractivity contribution >= 4 is 17.2 Å². The molecule has 0 aliphatic heterocycles. The van der Waals surface area contributed by atoms with E-state index in [4.69, 9.17) is 13.9 Å². The fraction of sp³-hybridized carbons (Fsp3) is 0.350. The third kappa shape index (κ3) is 4.33. The first-order valence-electron chi connectivity index (χ1n) is 8.81. The summed E-state index contributed by atoms with van der Waals surface area (Å²) >= 11 is 1.62. The fourth-order valence-corrected chi connectivity index (χ4v) is 3.69. The first-order valence-corrected chi connectivity index (χ1v) is 9.63. The van der Waals surface area contributed by atoms with Crippen molar-refractivity contribution in [2.75, 3.05) is 14.2 Å². The fourth-order valence-electron chi connectivity index (χ4n) is 2.78. The minimum atomic E-state index is -0.228. The highest BCUT2D eigenvalue weighted by molar-refractivity contribution is 7.11. The maximum Gasteiger partial charge on any atom is 0.276 e. The number of ether oxygens (including phenoxy) is 2. The second-order valence-corrected chi connectivity index (χ2v) is 7.77. The average molecular weight is 401 g/mol. The molecule has 7 nitrogen and oxygen atoms in total. The minimum absolute atomic E-state index is 0.115. The molecule has 3 aromatic rings. The number of nitrogens with zero attached hydrogens (tertiary/aromatic N) is 3. The molecule has 0 N–H and O–H groups in total. The summed E-state index contributed by atoms with van der Waals surface area (Å²) in [6.45, 7) is 6.04. The molecule has 1 atom stereocenters. The van der Waals surface area contributed by atoms with Crippen LogP contribution in [0.1, 0.15) is 44.9 Å². The number of aromatic nitrogens is 2. The van der Waals surface area contributed by atoms with Gasteiger partial charge in [-0.2, -0.15) is 0 Å². The summed E-state index contributed by atoms with van der Waals surface area (Å²) in [6, 6.07) is 7.08. The first kappa shape index (κ1) is 19.9. The van der Waals surface area contributed by atoms with E-state index in [0.29, 0.717) is 17.4 Å². The van der Waals surface area contributed by atoms with Crippen LogP contribution in [0.5, 0.6) is 11.5 Å². The number of thiazole rings is 1. The van der Waals surface area contributed by atoms with Crippen LogP contribution in [0.3, 0.4) is 0 Å². The van der Waals surface area contributed by atoms with Crippen molar-refractivity contribution < 1.29 is 18.7 Å². The number of rotatable bonds is 7. The van der Waals surface area contributed by atoms with Crippen molar-refractivity contribution in [1.29, 1.82) is 0 Å². The summed E-state index contributed by atoms with van der Waals surface area (Å²) in [4.78, 5) is 24.3. The van der Waals surface area contributed by atoms with Crippen LogP contribution in [0.25, 0.3) is 0 Å². The molecule has 0 radical (unpaired) electrons. The van der Waals surface area contributed by atoms with E-state index in [9.17, 15) is 4.79 Å². The molecule has 0 bridgehead atoms. The molecule has 2 heterocycles. The van der Waals surface area contributed by atoms with Gasteiger partial charge in [-0.15, -0.1) is 11.3 Å². The largest absolute Gasteiger partial charge is 0.497 e. The second kappa shape index (κ2) is 8.43. The Morgan fingerprint density at radius 3 is 2.71 bits per heavy atom. The summed E-state index contributed by atoms with van der Waals surface area (Å²) in [5.74, 6) is 1.43. The Kier molecular flexibility index (Phi) is 5.99. The number of amides is 1. The second-order valence-electron chi connectivity index (χ2n) is 6.36. The molecule has 0 saturated heterocycles. The van der Waals surface area contributed by atoms with Gasteiger partial charge in [0.1, 0.15) is 17.8 Å². The lowest BCUT2D eigenvalue weighted by Crippen LogP contribution is -2.30. The number of benzene rings is 1. The van der Waals surface area contributed by atoms with Crippen molar-refractivity contribution in [3.63, 3.8) is 0 Å². The van der Waals surface area contributed by atoms with Gasteiger partial charge in [-0.3, -0.25) is 4.79 Å². The Hall–Kier alpha value is -2.87. The maximum absolute atomic E-state index is 12.8. The number of oxazole rings is 1. The zero-order chi connectivity index (χ0) is 20.3. The Labute approximate surface area is 167 Å². The summed E-state index contributed by atoms with van der Waals surface area (Å²) in [5.41, 5.74) is 1.15. The molecular formula is C20H23N3O4S. The normalized spacial score (nSPS) is 11.9. The molecule has 0 spiro atoms. The Morgan fingerprint density at radius 2 is 2.04 bits per heavy atom. The van der Waals surface area contributed by atoms with Gasteiger partial charge in [0, 0.05) is 18.0 Å². The summed E-state index contributed by atoms with van der Waals surface area (Å²) in [7, 11) is 3.33.